The number of hydrogen-bond donors (Lipinski definition) is 2. The third-order valence-corrected chi connectivity index (χ3v) is 3.76. The first kappa shape index (κ1) is 18.1. The average molecular weight is 362 g/mol. The smallest absolute Gasteiger partial charge is 0.337 e. The van der Waals surface area contributed by atoms with E-state index in [0.717, 1.165) is 5.56 Å². The van der Waals surface area contributed by atoms with Crippen LogP contribution in [0.5, 0.6) is 0 Å². The van der Waals surface area contributed by atoms with Crippen molar-refractivity contribution < 1.29 is 14.3 Å². The van der Waals surface area contributed by atoms with E-state index in [0.29, 0.717) is 28.5 Å². The highest BCUT2D eigenvalue weighted by Crippen LogP contribution is 2.16. The van der Waals surface area contributed by atoms with Crippen LogP contribution >= 0.6 is 0 Å². The first-order chi connectivity index (χ1) is 13.0. The molecule has 0 spiro atoms. The highest BCUT2D eigenvalue weighted by molar-refractivity contribution is 6.03. The van der Waals surface area contributed by atoms with E-state index in [-0.39, 0.29) is 5.91 Å². The molecular weight excluding hydrogens is 344 g/mol. The molecule has 2 aromatic carbocycles. The second-order valence-electron chi connectivity index (χ2n) is 5.81. The second-order valence-corrected chi connectivity index (χ2v) is 5.81. The van der Waals surface area contributed by atoms with Gasteiger partial charge < -0.3 is 15.4 Å². The quantitative estimate of drug-likeness (QED) is 0.674. The standard InChI is InChI=1S/C20H18N4O3/c1-13-6-8-16(9-7-13)23-18(25)15-11-21-20(22-12-15)24-17-5-3-4-14(10-17)19(26)27-2/h3-12H,1-2H3,(H,23,25)(H,21,22,24). The molecule has 0 bridgehead atoms. The Balaban J connectivity index is 1.67. The molecule has 0 radical (unpaired) electrons. The van der Waals surface area contributed by atoms with Crippen molar-refractivity contribution in [3.63, 3.8) is 0 Å². The van der Waals surface area contributed by atoms with Crippen molar-refractivity contribution in [3.05, 3.63) is 77.6 Å². The number of benzene rings is 2. The summed E-state index contributed by atoms with van der Waals surface area (Å²) < 4.78 is 4.70. The minimum absolute atomic E-state index is 0.293. The van der Waals surface area contributed by atoms with Crippen molar-refractivity contribution >= 4 is 29.2 Å². The summed E-state index contributed by atoms with van der Waals surface area (Å²) >= 11 is 0. The van der Waals surface area contributed by atoms with Gasteiger partial charge in [0.15, 0.2) is 0 Å². The Hall–Kier alpha value is -3.74. The topological polar surface area (TPSA) is 93.2 Å². The number of carbonyl (C=O) groups excluding carboxylic acids is 2. The van der Waals surface area contributed by atoms with Crippen molar-refractivity contribution in [3.8, 4) is 0 Å². The van der Waals surface area contributed by atoms with Crippen LogP contribution in [0.3, 0.4) is 0 Å². The molecule has 0 saturated carbocycles. The third-order valence-electron chi connectivity index (χ3n) is 3.76. The molecule has 27 heavy (non-hydrogen) atoms. The fraction of sp³-hybridized carbons (Fsp3) is 0.100. The Morgan fingerprint density at radius 2 is 1.63 bits per heavy atom. The number of ether oxygens (including phenoxy) is 1. The van der Waals surface area contributed by atoms with Crippen molar-refractivity contribution in [2.24, 2.45) is 0 Å². The number of aryl methyl sites for hydroxylation is 1. The molecule has 7 heteroatoms. The van der Waals surface area contributed by atoms with Gasteiger partial charge in [0.2, 0.25) is 5.95 Å². The van der Waals surface area contributed by atoms with Crippen molar-refractivity contribution in [2.45, 2.75) is 6.92 Å². The molecule has 1 heterocycles. The molecular formula is C20H18N4O3. The minimum Gasteiger partial charge on any atom is -0.465 e. The third kappa shape index (κ3) is 4.66. The van der Waals surface area contributed by atoms with Crippen LogP contribution in [0.2, 0.25) is 0 Å². The number of anilines is 3. The fourth-order valence-corrected chi connectivity index (χ4v) is 2.32. The average Bonchev–Trinajstić information content (AvgIpc) is 2.70. The molecule has 3 rings (SSSR count). The van der Waals surface area contributed by atoms with E-state index in [4.69, 9.17) is 4.74 Å². The van der Waals surface area contributed by atoms with Crippen LogP contribution in [0, 0.1) is 6.92 Å². The number of esters is 1. The van der Waals surface area contributed by atoms with Crippen molar-refractivity contribution in [2.75, 3.05) is 17.7 Å². The number of carbonyl (C=O) groups is 2. The van der Waals surface area contributed by atoms with Gasteiger partial charge in [-0.05, 0) is 37.3 Å². The maximum absolute atomic E-state index is 12.3. The lowest BCUT2D eigenvalue weighted by Gasteiger charge is -2.08. The van der Waals surface area contributed by atoms with Gasteiger partial charge in [-0.25, -0.2) is 14.8 Å². The zero-order valence-corrected chi connectivity index (χ0v) is 14.9. The number of aromatic nitrogens is 2. The molecule has 0 fully saturated rings. The molecule has 7 nitrogen and oxygen atoms in total. The van der Waals surface area contributed by atoms with Crippen molar-refractivity contribution in [1.82, 2.24) is 9.97 Å². The van der Waals surface area contributed by atoms with Crippen LogP contribution in [0.25, 0.3) is 0 Å². The van der Waals surface area contributed by atoms with Crippen molar-refractivity contribution in [1.29, 1.82) is 0 Å². The van der Waals surface area contributed by atoms with E-state index in [9.17, 15) is 9.59 Å². The Morgan fingerprint density at radius 1 is 0.926 bits per heavy atom. The number of amides is 1. The maximum atomic E-state index is 12.3. The molecule has 3 aromatic rings. The molecule has 0 unspecified atom stereocenters. The number of hydrogen-bond acceptors (Lipinski definition) is 6. The lowest BCUT2D eigenvalue weighted by atomic mass is 10.2. The zero-order chi connectivity index (χ0) is 19.2. The molecule has 0 aliphatic heterocycles. The number of nitrogens with zero attached hydrogens (tertiary/aromatic N) is 2. The summed E-state index contributed by atoms with van der Waals surface area (Å²) in [6.45, 7) is 1.98. The van der Waals surface area contributed by atoms with Crippen LogP contribution in [0.1, 0.15) is 26.3 Å². The number of nitrogens with one attached hydrogen (secondary N) is 2. The van der Waals surface area contributed by atoms with Gasteiger partial charge in [-0.15, -0.1) is 0 Å². The Kier molecular flexibility index (Phi) is 5.41. The van der Waals surface area contributed by atoms with Gasteiger partial charge in [0.1, 0.15) is 0 Å². The Morgan fingerprint density at radius 3 is 2.30 bits per heavy atom. The normalized spacial score (nSPS) is 10.1. The zero-order valence-electron chi connectivity index (χ0n) is 14.9. The molecule has 1 amide bonds. The van der Waals surface area contributed by atoms with Gasteiger partial charge in [0.05, 0.1) is 18.2 Å². The summed E-state index contributed by atoms with van der Waals surface area (Å²) in [6.07, 6.45) is 2.87. The SMILES string of the molecule is COC(=O)c1cccc(Nc2ncc(C(=O)Nc3ccc(C)cc3)cn2)c1. The van der Waals surface area contributed by atoms with E-state index in [1.165, 1.54) is 19.5 Å². The molecule has 1 aromatic heterocycles. The van der Waals surface area contributed by atoms with Crippen LogP contribution < -0.4 is 10.6 Å². The lowest BCUT2D eigenvalue weighted by molar-refractivity contribution is 0.0600. The summed E-state index contributed by atoms with van der Waals surface area (Å²) in [5, 5.41) is 5.77. The second kappa shape index (κ2) is 8.09. The van der Waals surface area contributed by atoms with Crippen LogP contribution in [0.15, 0.2) is 60.9 Å². The van der Waals surface area contributed by atoms with Gasteiger partial charge >= 0.3 is 5.97 Å². The van der Waals surface area contributed by atoms with Gasteiger partial charge in [0, 0.05) is 23.8 Å². The highest BCUT2D eigenvalue weighted by Gasteiger charge is 2.09. The molecule has 0 saturated heterocycles. The largest absolute Gasteiger partial charge is 0.465 e. The van der Waals surface area contributed by atoms with Crippen LogP contribution in [-0.4, -0.2) is 29.0 Å². The molecule has 2 N–H and O–H groups in total. The van der Waals surface area contributed by atoms with Gasteiger partial charge in [-0.1, -0.05) is 23.8 Å². The van der Waals surface area contributed by atoms with Gasteiger partial charge in [-0.2, -0.15) is 0 Å². The van der Waals surface area contributed by atoms with E-state index in [1.807, 2.05) is 31.2 Å². The molecule has 0 aliphatic rings. The molecule has 0 atom stereocenters. The number of rotatable bonds is 5. The monoisotopic (exact) mass is 362 g/mol. The Labute approximate surface area is 156 Å². The van der Waals surface area contributed by atoms with E-state index < -0.39 is 5.97 Å². The summed E-state index contributed by atoms with van der Waals surface area (Å²) in [4.78, 5) is 32.1. The van der Waals surface area contributed by atoms with E-state index in [2.05, 4.69) is 20.6 Å². The predicted octanol–water partition coefficient (Wildman–Crippen LogP) is 3.57. The maximum Gasteiger partial charge on any atom is 0.337 e. The number of methoxy groups -OCH3 is 1. The predicted molar refractivity (Wildman–Crippen MR) is 102 cm³/mol. The Bertz CT molecular complexity index is 954. The van der Waals surface area contributed by atoms with Gasteiger partial charge in [-0.3, -0.25) is 4.79 Å². The minimum atomic E-state index is -0.428. The summed E-state index contributed by atoms with van der Waals surface area (Å²) in [6, 6.07) is 14.3. The molecule has 136 valence electrons. The summed E-state index contributed by atoms with van der Waals surface area (Å²) in [7, 11) is 1.33. The van der Waals surface area contributed by atoms with Crippen LogP contribution in [0.4, 0.5) is 17.3 Å². The van der Waals surface area contributed by atoms with E-state index in [1.54, 1.807) is 24.3 Å². The summed E-state index contributed by atoms with van der Waals surface area (Å²) in [5.41, 5.74) is 3.20. The van der Waals surface area contributed by atoms with E-state index >= 15 is 0 Å². The van der Waals surface area contributed by atoms with Crippen LogP contribution in [-0.2, 0) is 4.74 Å². The lowest BCUT2D eigenvalue weighted by Crippen LogP contribution is -2.13. The molecule has 0 aliphatic carbocycles. The summed E-state index contributed by atoms with van der Waals surface area (Å²) in [5.74, 6) is -0.412. The first-order valence-corrected chi connectivity index (χ1v) is 8.20. The fourth-order valence-electron chi connectivity index (χ4n) is 2.32. The first-order valence-electron chi connectivity index (χ1n) is 8.20. The van der Waals surface area contributed by atoms with Gasteiger partial charge in [0.25, 0.3) is 5.91 Å². The highest BCUT2D eigenvalue weighted by atomic mass is 16.5.